The maximum absolute atomic E-state index is 15.0. The number of aliphatic hydroxyl groups is 1. The number of hydrogen-bond acceptors (Lipinski definition) is 23. The van der Waals surface area contributed by atoms with Gasteiger partial charge in [0, 0.05) is 57.7 Å². The number of nitrogens with zero attached hydrogens (tertiary/aromatic N) is 1. The van der Waals surface area contributed by atoms with Crippen LogP contribution in [0.1, 0.15) is 163 Å². The van der Waals surface area contributed by atoms with E-state index >= 15 is 0 Å². The minimum absolute atomic E-state index is 0.00908. The van der Waals surface area contributed by atoms with E-state index in [0.29, 0.717) is 16.8 Å². The molecular weight excluding hydrogens is 1640 g/mol. The summed E-state index contributed by atoms with van der Waals surface area (Å²) in [6, 6.07) is -6.92. The van der Waals surface area contributed by atoms with Crippen molar-refractivity contribution in [3.05, 3.63) is 77.9 Å². The fraction of sp³-hybridized carbons (Fsp3) is 0.593. The van der Waals surface area contributed by atoms with Crippen molar-refractivity contribution in [2.75, 3.05) is 32.7 Å². The molecule has 1 saturated heterocycles. The molecule has 4 rings (SSSR count). The van der Waals surface area contributed by atoms with Gasteiger partial charge in [-0.3, -0.25) is 88.1 Å². The van der Waals surface area contributed by atoms with Crippen molar-refractivity contribution in [3.8, 4) is 11.5 Å². The highest BCUT2D eigenvalue weighted by molar-refractivity contribution is 6.02. The number of phenolic OH excluding ortho intramolecular Hbond substituents is 2. The topological polar surface area (TPSA) is 752 Å². The molecule has 0 bridgehead atoms. The standard InChI is InChI=1S/C81H131N27O18/c1-41(2)32-56(96-46(10)110)68(117)97-52(14-11-27-92-78(84)85)66(115)103-60(37-49-39-91-40-95-49)71(120)102-59(36-48-19-23-51(112)24-20-48)70(119)100-57(33-42(3)4)69(118)104-61(38-62(82)113)72(121)101-58(34-43(5)6)73(122)106-63(44(7)8)75(124)107-64(45(9)109)76(125)98-54(16-13-29-94-80(88)89)74(123)108-81(25-30-90-31-26-81)77(126)105-53(15-12-28-93-79(86)87)67(116)99-55(65(83)114)35-47-17-21-50(111)22-18-47/h17-24,39-45,52-61,63-64,90,109,111-112H,11-16,25-38H2,1-10H3,(H2,82,113)(H2,83,114)(H,91,95)(H,96,110)(H,97,117)(H,98,125)(H,99,116)(H,100,119)(H,101,121)(H,102,120)(H,103,115)(H,104,118)(H,105,126)(H,106,122)(H,107,124)(H,108,123)(H4,84,85,92)(H4,86,87,93)(H4,88,89,94)/t45-,52+,53+,54+,55+,56+,57+,58+,59+,60+,61+,63+,64+/m1/s1. The van der Waals surface area contributed by atoms with E-state index in [1.54, 1.807) is 27.7 Å². The molecule has 1 aromatic heterocycles. The molecule has 1 fully saturated rings. The molecule has 45 heteroatoms. The van der Waals surface area contributed by atoms with Crippen molar-refractivity contribution in [2.45, 2.75) is 250 Å². The van der Waals surface area contributed by atoms with Crippen LogP contribution in [-0.4, -0.2) is 249 Å². The minimum Gasteiger partial charge on any atom is -0.508 e. The van der Waals surface area contributed by atoms with E-state index < -0.39 is 203 Å². The summed E-state index contributed by atoms with van der Waals surface area (Å²) in [7, 11) is 0. The number of benzene rings is 2. The van der Waals surface area contributed by atoms with Gasteiger partial charge in [0.1, 0.15) is 89.5 Å². The largest absolute Gasteiger partial charge is 0.508 e. The number of H-pyrrole nitrogens is 1. The normalized spacial score (nSPS) is 15.4. The first-order valence-corrected chi connectivity index (χ1v) is 41.9. The molecular formula is C81H131N27O18. The number of phenols is 2. The lowest BCUT2D eigenvalue weighted by atomic mass is 9.86. The Morgan fingerprint density at radius 1 is 0.429 bits per heavy atom. The second-order valence-electron chi connectivity index (χ2n) is 33.0. The monoisotopic (exact) mass is 1770 g/mol. The van der Waals surface area contributed by atoms with Gasteiger partial charge in [-0.25, -0.2) is 4.98 Å². The van der Waals surface area contributed by atoms with Gasteiger partial charge in [-0.1, -0.05) is 79.7 Å². The summed E-state index contributed by atoms with van der Waals surface area (Å²) < 4.78 is 0. The molecule has 13 atom stereocenters. The molecule has 698 valence electrons. The van der Waals surface area contributed by atoms with Gasteiger partial charge in [0.2, 0.25) is 88.6 Å². The van der Waals surface area contributed by atoms with Gasteiger partial charge >= 0.3 is 0 Å². The lowest BCUT2D eigenvalue weighted by molar-refractivity contribution is -0.140. The molecule has 0 radical (unpaired) electrons. The number of piperidine rings is 1. The van der Waals surface area contributed by atoms with Crippen molar-refractivity contribution < 1.29 is 87.2 Å². The van der Waals surface area contributed by atoms with Crippen LogP contribution < -0.4 is 119 Å². The summed E-state index contributed by atoms with van der Waals surface area (Å²) in [5.41, 5.74) is 27.4. The Balaban J connectivity index is 1.63. The molecule has 15 amide bonds. The molecule has 0 unspecified atom stereocenters. The number of aliphatic hydroxyl groups excluding tert-OH is 1. The quantitative estimate of drug-likeness (QED) is 0.0142. The molecule has 2 aromatic carbocycles. The zero-order chi connectivity index (χ0) is 94.2. The SMILES string of the molecule is CC(=O)N[C@@H](CC(C)C)C(=O)N[C@@H](CCCNC(=N)N)C(=O)N[C@@H](Cc1cnc[nH]1)C(=O)N[C@@H](Cc1ccc(O)cc1)C(=O)N[C@@H](CC(C)C)C(=O)N[C@@H](CC(N)=O)C(=O)N[C@@H](CC(C)C)C(=O)N[C@H](C(=O)N[C@H](C(=O)N[C@@H](CCCNC(=N)N)C(=O)NC1(C(=O)N[C@@H](CCCNC(=N)N)C(=O)N[C@@H](Cc2ccc(O)cc2)C(N)=O)CCNCC1)[C@@H](C)O)C(C)C. The number of nitrogens with one attached hydrogen (secondary N) is 21. The van der Waals surface area contributed by atoms with Gasteiger partial charge in [-0.15, -0.1) is 0 Å². The van der Waals surface area contributed by atoms with Crippen LogP contribution in [0, 0.1) is 39.9 Å². The predicted molar refractivity (Wildman–Crippen MR) is 463 cm³/mol. The molecule has 2 heterocycles. The van der Waals surface area contributed by atoms with Crippen LogP contribution in [0.2, 0.25) is 0 Å². The molecule has 0 aliphatic carbocycles. The number of aromatic hydroxyl groups is 2. The van der Waals surface area contributed by atoms with Crippen molar-refractivity contribution in [1.29, 1.82) is 16.2 Å². The lowest BCUT2D eigenvalue weighted by Gasteiger charge is -2.39. The third kappa shape index (κ3) is 38.0. The minimum atomic E-state index is -1.89. The summed E-state index contributed by atoms with van der Waals surface area (Å²) >= 11 is 0. The highest BCUT2D eigenvalue weighted by Gasteiger charge is 2.45. The van der Waals surface area contributed by atoms with Crippen LogP contribution in [0.5, 0.6) is 11.5 Å². The van der Waals surface area contributed by atoms with E-state index in [-0.39, 0.29) is 152 Å². The molecule has 0 saturated carbocycles. The summed E-state index contributed by atoms with van der Waals surface area (Å²) in [6.07, 6.45) is -0.930. The summed E-state index contributed by atoms with van der Waals surface area (Å²) in [4.78, 5) is 220. The smallest absolute Gasteiger partial charge is 0.246 e. The van der Waals surface area contributed by atoms with Gasteiger partial charge in [0.15, 0.2) is 17.9 Å². The number of aromatic nitrogens is 2. The summed E-state index contributed by atoms with van der Waals surface area (Å²) in [5, 5.41) is 99.3. The first-order valence-electron chi connectivity index (χ1n) is 41.9. The van der Waals surface area contributed by atoms with Gasteiger partial charge in [0.05, 0.1) is 18.9 Å². The Bertz CT molecular complexity index is 4180. The number of rotatable bonds is 54. The third-order valence-electron chi connectivity index (χ3n) is 20.2. The zero-order valence-corrected chi connectivity index (χ0v) is 73.0. The first kappa shape index (κ1) is 105. The summed E-state index contributed by atoms with van der Waals surface area (Å²) in [6.45, 7) is 16.3. The number of aromatic amines is 1. The Morgan fingerprint density at radius 2 is 0.778 bits per heavy atom. The van der Waals surface area contributed by atoms with Crippen LogP contribution in [0.3, 0.4) is 0 Å². The highest BCUT2D eigenvalue weighted by atomic mass is 16.3. The van der Waals surface area contributed by atoms with Gasteiger partial charge in [0.25, 0.3) is 0 Å². The van der Waals surface area contributed by atoms with E-state index in [4.69, 9.17) is 44.9 Å². The molecule has 45 nitrogen and oxygen atoms in total. The number of carbonyl (C=O) groups excluding carboxylic acids is 15. The van der Waals surface area contributed by atoms with Crippen molar-refractivity contribution in [2.24, 2.45) is 52.3 Å². The molecule has 1 aliphatic rings. The third-order valence-corrected chi connectivity index (χ3v) is 20.2. The van der Waals surface area contributed by atoms with Crippen LogP contribution in [-0.2, 0) is 91.2 Å². The number of guanidine groups is 3. The Hall–Kier alpha value is -13.0. The number of carbonyl (C=O) groups is 15. The first-order chi connectivity index (χ1) is 59.3. The number of hydrogen-bond donors (Lipinski definition) is 29. The maximum atomic E-state index is 15.0. The van der Waals surface area contributed by atoms with Crippen molar-refractivity contribution in [1.82, 2.24) is 100 Å². The fourth-order valence-electron chi connectivity index (χ4n) is 13.6. The average Bonchev–Trinajstić information content (AvgIpc) is 0.849. The second-order valence-corrected chi connectivity index (χ2v) is 33.0. The van der Waals surface area contributed by atoms with Crippen LogP contribution in [0.15, 0.2) is 61.1 Å². The number of imidazole rings is 1. The lowest BCUT2D eigenvalue weighted by Crippen LogP contribution is -2.68. The van der Waals surface area contributed by atoms with Crippen LogP contribution in [0.4, 0.5) is 0 Å². The average molecular weight is 1770 g/mol. The van der Waals surface area contributed by atoms with E-state index in [1.807, 2.05) is 13.8 Å². The number of amides is 15. The highest BCUT2D eigenvalue weighted by Crippen LogP contribution is 2.23. The van der Waals surface area contributed by atoms with Crippen molar-refractivity contribution >= 4 is 106 Å². The Kier molecular flexibility index (Phi) is 44.0. The molecule has 1 aliphatic heterocycles. The van der Waals surface area contributed by atoms with Crippen LogP contribution >= 0.6 is 0 Å². The molecule has 126 heavy (non-hydrogen) atoms. The van der Waals surface area contributed by atoms with E-state index in [0.717, 1.165) is 6.92 Å². The van der Waals surface area contributed by atoms with E-state index in [9.17, 15) is 87.2 Å². The number of primary amides is 2. The second kappa shape index (κ2) is 52.6. The zero-order valence-electron chi connectivity index (χ0n) is 73.0. The molecule has 34 N–H and O–H groups in total. The van der Waals surface area contributed by atoms with Gasteiger partial charge < -0.3 is 139 Å². The summed E-state index contributed by atoms with van der Waals surface area (Å²) in [5.74, 6) is -17.2. The van der Waals surface area contributed by atoms with Gasteiger partial charge in [-0.05, 0) is 150 Å². The Morgan fingerprint density at radius 3 is 1.18 bits per heavy atom. The van der Waals surface area contributed by atoms with Gasteiger partial charge in [-0.2, -0.15) is 0 Å². The van der Waals surface area contributed by atoms with E-state index in [2.05, 4.69) is 100 Å². The molecule has 3 aromatic rings. The number of nitrogens with two attached hydrogens (primary N) is 5. The van der Waals surface area contributed by atoms with Crippen LogP contribution in [0.25, 0.3) is 0 Å². The van der Waals surface area contributed by atoms with E-state index in [1.165, 1.54) is 81.8 Å². The van der Waals surface area contributed by atoms with Crippen molar-refractivity contribution in [3.63, 3.8) is 0 Å². The molecule has 0 spiro atoms. The fourth-order valence-corrected chi connectivity index (χ4v) is 13.6. The Labute approximate surface area is 731 Å². The predicted octanol–water partition coefficient (Wildman–Crippen LogP) is -5.75. The maximum Gasteiger partial charge on any atom is 0.246 e.